The third kappa shape index (κ3) is 3.26. The first-order chi connectivity index (χ1) is 10.3. The van der Waals surface area contributed by atoms with Gasteiger partial charge in [-0.05, 0) is 38.2 Å². The SMILES string of the molecule is CC.O=C1NC2=C(C/C=C\CC/C=C\2)C(=O)N2CCCC12. The van der Waals surface area contributed by atoms with E-state index >= 15 is 0 Å². The number of amides is 2. The van der Waals surface area contributed by atoms with Crippen LogP contribution < -0.4 is 5.32 Å². The largest absolute Gasteiger partial charge is 0.327 e. The molecule has 0 bridgehead atoms. The van der Waals surface area contributed by atoms with Crippen LogP contribution in [0.2, 0.25) is 0 Å². The van der Waals surface area contributed by atoms with E-state index < -0.39 is 0 Å². The van der Waals surface area contributed by atoms with Gasteiger partial charge in [0.05, 0.1) is 0 Å². The number of rotatable bonds is 0. The lowest BCUT2D eigenvalue weighted by Gasteiger charge is -2.20. The van der Waals surface area contributed by atoms with Crippen molar-refractivity contribution in [2.45, 2.75) is 52.0 Å². The van der Waals surface area contributed by atoms with E-state index in [1.807, 2.05) is 32.1 Å². The monoisotopic (exact) mass is 288 g/mol. The Morgan fingerprint density at radius 1 is 1.14 bits per heavy atom. The molecule has 1 atom stereocenters. The molecule has 1 aliphatic carbocycles. The maximum atomic E-state index is 12.6. The summed E-state index contributed by atoms with van der Waals surface area (Å²) in [4.78, 5) is 26.5. The van der Waals surface area contributed by atoms with Gasteiger partial charge in [-0.15, -0.1) is 0 Å². The molecule has 0 spiro atoms. The van der Waals surface area contributed by atoms with Crippen molar-refractivity contribution < 1.29 is 9.59 Å². The molecule has 0 radical (unpaired) electrons. The summed E-state index contributed by atoms with van der Waals surface area (Å²) in [5.41, 5.74) is 1.41. The number of hydrogen-bond donors (Lipinski definition) is 1. The summed E-state index contributed by atoms with van der Waals surface area (Å²) in [5.74, 6) is -0.0178. The Balaban J connectivity index is 0.000000774. The van der Waals surface area contributed by atoms with Gasteiger partial charge in [0.15, 0.2) is 0 Å². The Bertz CT molecular complexity index is 503. The van der Waals surface area contributed by atoms with Gasteiger partial charge in [0.1, 0.15) is 6.04 Å². The van der Waals surface area contributed by atoms with Crippen molar-refractivity contribution in [1.29, 1.82) is 0 Å². The molecule has 21 heavy (non-hydrogen) atoms. The van der Waals surface area contributed by atoms with E-state index in [1.165, 1.54) is 0 Å². The van der Waals surface area contributed by atoms with Gasteiger partial charge in [0.2, 0.25) is 5.91 Å². The number of allylic oxidation sites excluding steroid dienone is 4. The topological polar surface area (TPSA) is 49.4 Å². The van der Waals surface area contributed by atoms with E-state index in [0.717, 1.165) is 25.7 Å². The van der Waals surface area contributed by atoms with Gasteiger partial charge in [-0.3, -0.25) is 9.59 Å². The fourth-order valence-corrected chi connectivity index (χ4v) is 2.91. The molecular formula is C17H24N2O2. The number of fused-ring (bicyclic) bond motifs is 1. The highest BCUT2D eigenvalue weighted by Crippen LogP contribution is 2.26. The van der Waals surface area contributed by atoms with E-state index in [2.05, 4.69) is 11.4 Å². The maximum Gasteiger partial charge on any atom is 0.252 e. The van der Waals surface area contributed by atoms with Crippen molar-refractivity contribution in [2.75, 3.05) is 6.54 Å². The molecule has 3 rings (SSSR count). The Morgan fingerprint density at radius 3 is 2.71 bits per heavy atom. The average Bonchev–Trinajstić information content (AvgIpc) is 2.99. The van der Waals surface area contributed by atoms with Gasteiger partial charge >= 0.3 is 0 Å². The third-order valence-corrected chi connectivity index (χ3v) is 3.93. The molecule has 1 unspecified atom stereocenters. The summed E-state index contributed by atoms with van der Waals surface area (Å²) in [6, 6.07) is -0.277. The normalized spacial score (nSPS) is 27.9. The van der Waals surface area contributed by atoms with Crippen molar-refractivity contribution in [2.24, 2.45) is 0 Å². The van der Waals surface area contributed by atoms with Crippen molar-refractivity contribution in [3.8, 4) is 0 Å². The second-order valence-electron chi connectivity index (χ2n) is 5.19. The quantitative estimate of drug-likeness (QED) is 0.697. The Kier molecular flexibility index (Phi) is 5.37. The highest BCUT2D eigenvalue weighted by atomic mass is 16.2. The highest BCUT2D eigenvalue weighted by Gasteiger charge is 2.38. The second-order valence-corrected chi connectivity index (χ2v) is 5.19. The van der Waals surface area contributed by atoms with Crippen molar-refractivity contribution in [3.63, 3.8) is 0 Å². The van der Waals surface area contributed by atoms with E-state index in [-0.39, 0.29) is 17.9 Å². The van der Waals surface area contributed by atoms with Crippen LogP contribution in [0.3, 0.4) is 0 Å². The first-order valence-corrected chi connectivity index (χ1v) is 7.94. The molecule has 1 N–H and O–H groups in total. The van der Waals surface area contributed by atoms with Gasteiger partial charge in [-0.2, -0.15) is 0 Å². The van der Waals surface area contributed by atoms with Gasteiger partial charge in [-0.1, -0.05) is 32.1 Å². The number of hydrogen-bond acceptors (Lipinski definition) is 2. The molecule has 2 heterocycles. The molecule has 4 heteroatoms. The minimum absolute atomic E-state index is 0.0204. The van der Waals surface area contributed by atoms with Crippen LogP contribution in [-0.4, -0.2) is 29.3 Å². The zero-order valence-corrected chi connectivity index (χ0v) is 12.9. The lowest BCUT2D eigenvalue weighted by molar-refractivity contribution is -0.134. The van der Waals surface area contributed by atoms with E-state index in [4.69, 9.17) is 0 Å². The summed E-state index contributed by atoms with van der Waals surface area (Å²) in [5, 5.41) is 2.94. The van der Waals surface area contributed by atoms with Gasteiger partial charge < -0.3 is 10.2 Å². The molecule has 114 valence electrons. The van der Waals surface area contributed by atoms with Crippen LogP contribution in [0.5, 0.6) is 0 Å². The zero-order chi connectivity index (χ0) is 15.2. The van der Waals surface area contributed by atoms with Gasteiger partial charge in [0, 0.05) is 17.8 Å². The standard InChI is InChI=1S/C15H18N2O2.C2H6/c18-14-13-9-6-10-17(13)15(19)11-7-4-2-1-3-5-8-12(11)16-14;1-2/h2,4-5,8,13H,1,3,6-7,9-10H2,(H,16,18);1-2H3/b4-2-,8-5-;. The van der Waals surface area contributed by atoms with Crippen LogP contribution in [0, 0.1) is 0 Å². The minimum Gasteiger partial charge on any atom is -0.327 e. The predicted molar refractivity (Wildman–Crippen MR) is 83.4 cm³/mol. The summed E-state index contributed by atoms with van der Waals surface area (Å²) >= 11 is 0. The van der Waals surface area contributed by atoms with Crippen LogP contribution in [0.25, 0.3) is 0 Å². The smallest absolute Gasteiger partial charge is 0.252 e. The Labute approximate surface area is 126 Å². The summed E-state index contributed by atoms with van der Waals surface area (Å²) in [6.07, 6.45) is 12.2. The molecule has 1 fully saturated rings. The molecule has 0 aromatic carbocycles. The van der Waals surface area contributed by atoms with Crippen molar-refractivity contribution in [1.82, 2.24) is 10.2 Å². The maximum absolute atomic E-state index is 12.6. The lowest BCUT2D eigenvalue weighted by Crippen LogP contribution is -2.42. The number of carbonyl (C=O) groups is 2. The molecule has 0 saturated carbocycles. The summed E-state index contributed by atoms with van der Waals surface area (Å²) in [6.45, 7) is 4.70. The van der Waals surface area contributed by atoms with Crippen LogP contribution in [0.4, 0.5) is 0 Å². The fourth-order valence-electron chi connectivity index (χ4n) is 2.91. The lowest BCUT2D eigenvalue weighted by atomic mass is 10.1. The van der Waals surface area contributed by atoms with Crippen LogP contribution in [0.1, 0.15) is 46.0 Å². The molecule has 4 nitrogen and oxygen atoms in total. The molecule has 3 aliphatic rings. The molecule has 0 aromatic rings. The first kappa shape index (κ1) is 15.5. The van der Waals surface area contributed by atoms with Crippen LogP contribution in [-0.2, 0) is 9.59 Å². The Hall–Kier alpha value is -1.84. The molecule has 1 saturated heterocycles. The molecule has 2 amide bonds. The highest BCUT2D eigenvalue weighted by molar-refractivity contribution is 6.01. The predicted octanol–water partition coefficient (Wildman–Crippen LogP) is 2.68. The van der Waals surface area contributed by atoms with Crippen LogP contribution >= 0.6 is 0 Å². The second kappa shape index (κ2) is 7.25. The molecular weight excluding hydrogens is 264 g/mol. The van der Waals surface area contributed by atoms with Gasteiger partial charge in [-0.25, -0.2) is 0 Å². The first-order valence-electron chi connectivity index (χ1n) is 7.94. The summed E-state index contributed by atoms with van der Waals surface area (Å²) < 4.78 is 0. The Morgan fingerprint density at radius 2 is 1.90 bits per heavy atom. The zero-order valence-electron chi connectivity index (χ0n) is 12.9. The minimum atomic E-state index is -0.277. The average molecular weight is 288 g/mol. The number of nitrogens with one attached hydrogen (secondary N) is 1. The van der Waals surface area contributed by atoms with Crippen LogP contribution in [0.15, 0.2) is 35.6 Å². The molecule has 2 aliphatic heterocycles. The van der Waals surface area contributed by atoms with E-state index in [1.54, 1.807) is 4.90 Å². The number of nitrogens with zero attached hydrogens (tertiary/aromatic N) is 1. The van der Waals surface area contributed by atoms with E-state index in [0.29, 0.717) is 24.2 Å². The molecule has 0 aromatic heterocycles. The fraction of sp³-hybridized carbons (Fsp3) is 0.529. The van der Waals surface area contributed by atoms with Crippen molar-refractivity contribution in [3.05, 3.63) is 35.6 Å². The number of carbonyl (C=O) groups excluding carboxylic acids is 2. The summed E-state index contributed by atoms with van der Waals surface area (Å²) in [7, 11) is 0. The van der Waals surface area contributed by atoms with E-state index in [9.17, 15) is 9.59 Å². The third-order valence-electron chi connectivity index (χ3n) is 3.93. The van der Waals surface area contributed by atoms with Crippen molar-refractivity contribution >= 4 is 11.8 Å². The van der Waals surface area contributed by atoms with Gasteiger partial charge in [0.25, 0.3) is 5.91 Å².